The van der Waals surface area contributed by atoms with E-state index < -0.39 is 0 Å². The lowest BCUT2D eigenvalue weighted by Gasteiger charge is -2.10. The highest BCUT2D eigenvalue weighted by molar-refractivity contribution is 6.31. The van der Waals surface area contributed by atoms with Crippen LogP contribution in [0.4, 0.5) is 11.4 Å². The first-order valence-corrected chi connectivity index (χ1v) is 11.0. The van der Waals surface area contributed by atoms with Gasteiger partial charge in [-0.25, -0.2) is 0 Å². The summed E-state index contributed by atoms with van der Waals surface area (Å²) >= 11 is 13.2. The third kappa shape index (κ3) is 5.61. The van der Waals surface area contributed by atoms with Crippen molar-refractivity contribution in [2.24, 2.45) is 0 Å². The van der Waals surface area contributed by atoms with Gasteiger partial charge in [0, 0.05) is 21.4 Å². The Labute approximate surface area is 193 Å². The fourth-order valence-corrected chi connectivity index (χ4v) is 4.17. The molecule has 4 rings (SSSR count). The third-order valence-electron chi connectivity index (χ3n) is 5.39. The number of rotatable bonds is 6. The van der Waals surface area contributed by atoms with E-state index >= 15 is 0 Å². The minimum absolute atomic E-state index is 0.767. The number of nitrogens with two attached hydrogens (primary N) is 2. The molecule has 0 aromatic heterocycles. The van der Waals surface area contributed by atoms with Crippen LogP contribution < -0.4 is 11.5 Å². The van der Waals surface area contributed by atoms with Gasteiger partial charge in [0.1, 0.15) is 0 Å². The van der Waals surface area contributed by atoms with Crippen LogP contribution in [0.5, 0.6) is 0 Å². The maximum atomic E-state index is 6.58. The second-order valence-corrected chi connectivity index (χ2v) is 8.68. The zero-order chi connectivity index (χ0) is 21.8. The Morgan fingerprint density at radius 3 is 1.16 bits per heavy atom. The van der Waals surface area contributed by atoms with Crippen molar-refractivity contribution in [2.75, 3.05) is 11.5 Å². The van der Waals surface area contributed by atoms with Gasteiger partial charge in [-0.05, 0) is 89.0 Å². The maximum absolute atomic E-state index is 6.58. The normalized spacial score (nSPS) is 10.9. The van der Waals surface area contributed by atoms with Gasteiger partial charge in [-0.2, -0.15) is 0 Å². The lowest BCUT2D eigenvalue weighted by molar-refractivity contribution is 1.14. The molecule has 0 atom stereocenters. The van der Waals surface area contributed by atoms with Gasteiger partial charge in [-0.3, -0.25) is 0 Å². The zero-order valence-electron chi connectivity index (χ0n) is 17.1. The first kappa shape index (κ1) is 21.3. The van der Waals surface area contributed by atoms with E-state index in [-0.39, 0.29) is 0 Å². The van der Waals surface area contributed by atoms with Crippen molar-refractivity contribution in [1.82, 2.24) is 0 Å². The van der Waals surface area contributed by atoms with Crippen molar-refractivity contribution in [3.05, 3.63) is 128 Å². The van der Waals surface area contributed by atoms with Crippen LogP contribution in [0.1, 0.15) is 33.4 Å². The van der Waals surface area contributed by atoms with Gasteiger partial charge in [0.15, 0.2) is 0 Å². The molecular formula is C27H24Cl2N2. The predicted molar refractivity (Wildman–Crippen MR) is 133 cm³/mol. The molecule has 0 saturated carbocycles. The minimum atomic E-state index is 0.767. The van der Waals surface area contributed by atoms with Crippen LogP contribution in [0.3, 0.4) is 0 Å². The topological polar surface area (TPSA) is 52.0 Å². The fourth-order valence-electron chi connectivity index (χ4n) is 3.63. The van der Waals surface area contributed by atoms with Crippen LogP contribution in [-0.4, -0.2) is 0 Å². The molecule has 0 saturated heterocycles. The van der Waals surface area contributed by atoms with Crippen molar-refractivity contribution >= 4 is 34.6 Å². The standard InChI is InChI=1S/C27H24Cl2N2/c28-26-16-20(1-7-22(26)14-18-3-9-24(30)10-4-18)13-21-2-8-23(27(29)17-21)15-19-5-11-25(31)12-6-19/h1-12,16-17H,13-15,30-31H2. The Morgan fingerprint density at radius 2 is 0.806 bits per heavy atom. The number of halogens is 2. The summed E-state index contributed by atoms with van der Waals surface area (Å²) < 4.78 is 0. The third-order valence-corrected chi connectivity index (χ3v) is 6.10. The van der Waals surface area contributed by atoms with Crippen molar-refractivity contribution < 1.29 is 0 Å². The molecule has 2 nitrogen and oxygen atoms in total. The number of anilines is 2. The summed E-state index contributed by atoms with van der Waals surface area (Å²) in [5.74, 6) is 0. The molecule has 0 bridgehead atoms. The lowest BCUT2D eigenvalue weighted by atomic mass is 9.98. The highest BCUT2D eigenvalue weighted by Crippen LogP contribution is 2.26. The van der Waals surface area contributed by atoms with E-state index in [0.717, 1.165) is 62.9 Å². The minimum Gasteiger partial charge on any atom is -0.399 e. The van der Waals surface area contributed by atoms with Crippen LogP contribution in [0.2, 0.25) is 10.0 Å². The zero-order valence-corrected chi connectivity index (χ0v) is 18.6. The molecule has 0 radical (unpaired) electrons. The van der Waals surface area contributed by atoms with Crippen LogP contribution in [0.15, 0.2) is 84.9 Å². The van der Waals surface area contributed by atoms with E-state index in [2.05, 4.69) is 24.3 Å². The lowest BCUT2D eigenvalue weighted by Crippen LogP contribution is -1.95. The Morgan fingerprint density at radius 1 is 0.452 bits per heavy atom. The Bertz CT molecular complexity index is 1090. The summed E-state index contributed by atoms with van der Waals surface area (Å²) in [6.45, 7) is 0. The molecule has 0 aliphatic heterocycles. The smallest absolute Gasteiger partial charge is 0.0444 e. The fraction of sp³-hybridized carbons (Fsp3) is 0.111. The van der Waals surface area contributed by atoms with Crippen molar-refractivity contribution in [2.45, 2.75) is 19.3 Å². The molecule has 0 heterocycles. The molecule has 0 aliphatic rings. The largest absolute Gasteiger partial charge is 0.399 e. The number of nitrogen functional groups attached to an aromatic ring is 2. The summed E-state index contributed by atoms with van der Waals surface area (Å²) in [6.07, 6.45) is 2.35. The van der Waals surface area contributed by atoms with Gasteiger partial charge < -0.3 is 11.5 Å². The van der Waals surface area contributed by atoms with E-state index in [9.17, 15) is 0 Å². The van der Waals surface area contributed by atoms with Crippen molar-refractivity contribution in [3.63, 3.8) is 0 Å². The monoisotopic (exact) mass is 446 g/mol. The SMILES string of the molecule is Nc1ccc(Cc2ccc(Cc3ccc(Cc4ccc(N)cc4)c(Cl)c3)cc2Cl)cc1. The molecule has 4 N–H and O–H groups in total. The molecule has 156 valence electrons. The molecule has 4 aromatic rings. The summed E-state index contributed by atoms with van der Waals surface area (Å²) in [6, 6.07) is 28.4. The molecule has 0 amide bonds. The average molecular weight is 447 g/mol. The summed E-state index contributed by atoms with van der Waals surface area (Å²) in [5, 5.41) is 1.56. The Balaban J connectivity index is 1.44. The number of hydrogen-bond acceptors (Lipinski definition) is 2. The highest BCUT2D eigenvalue weighted by Gasteiger charge is 2.07. The Hall–Kier alpha value is -2.94. The first-order chi connectivity index (χ1) is 15.0. The van der Waals surface area contributed by atoms with Crippen molar-refractivity contribution in [1.29, 1.82) is 0 Å². The summed E-state index contributed by atoms with van der Waals surface area (Å²) in [5.41, 5.74) is 20.0. The van der Waals surface area contributed by atoms with Crippen LogP contribution >= 0.6 is 23.2 Å². The summed E-state index contributed by atoms with van der Waals surface area (Å²) in [4.78, 5) is 0. The highest BCUT2D eigenvalue weighted by atomic mass is 35.5. The second kappa shape index (κ2) is 9.47. The van der Waals surface area contributed by atoms with Gasteiger partial charge >= 0.3 is 0 Å². The van der Waals surface area contributed by atoms with Gasteiger partial charge in [0.2, 0.25) is 0 Å². The predicted octanol–water partition coefficient (Wildman–Crippen LogP) is 6.93. The van der Waals surface area contributed by atoms with E-state index in [4.69, 9.17) is 34.7 Å². The van der Waals surface area contributed by atoms with Gasteiger partial charge in [-0.15, -0.1) is 0 Å². The first-order valence-electron chi connectivity index (χ1n) is 10.2. The molecule has 4 aromatic carbocycles. The van der Waals surface area contributed by atoms with Crippen molar-refractivity contribution in [3.8, 4) is 0 Å². The van der Waals surface area contributed by atoms with Crippen LogP contribution in [0.25, 0.3) is 0 Å². The second-order valence-electron chi connectivity index (χ2n) is 7.87. The number of hydrogen-bond donors (Lipinski definition) is 2. The van der Waals surface area contributed by atoms with Gasteiger partial charge in [0.05, 0.1) is 0 Å². The molecule has 0 fully saturated rings. The number of benzene rings is 4. The molecule has 0 unspecified atom stereocenters. The van der Waals surface area contributed by atoms with Crippen LogP contribution in [-0.2, 0) is 19.3 Å². The van der Waals surface area contributed by atoms with Gasteiger partial charge in [-0.1, -0.05) is 71.7 Å². The van der Waals surface area contributed by atoms with Gasteiger partial charge in [0.25, 0.3) is 0 Å². The maximum Gasteiger partial charge on any atom is 0.0444 e. The van der Waals surface area contributed by atoms with E-state index in [0.29, 0.717) is 0 Å². The quantitative estimate of drug-likeness (QED) is 0.315. The summed E-state index contributed by atoms with van der Waals surface area (Å²) in [7, 11) is 0. The molecule has 0 aliphatic carbocycles. The van der Waals surface area contributed by atoms with E-state index in [1.54, 1.807) is 0 Å². The van der Waals surface area contributed by atoms with E-state index in [1.165, 1.54) is 11.1 Å². The van der Waals surface area contributed by atoms with Crippen LogP contribution in [0, 0.1) is 0 Å². The average Bonchev–Trinajstić information content (AvgIpc) is 2.75. The molecule has 31 heavy (non-hydrogen) atoms. The van der Waals surface area contributed by atoms with E-state index in [1.807, 2.05) is 60.7 Å². The molecule has 4 heteroatoms. The molecule has 0 spiro atoms. The Kier molecular flexibility index (Phi) is 6.50. The molecular weight excluding hydrogens is 423 g/mol.